The van der Waals surface area contributed by atoms with E-state index in [0.29, 0.717) is 18.9 Å². The molecule has 0 saturated carbocycles. The third-order valence-corrected chi connectivity index (χ3v) is 5.69. The summed E-state index contributed by atoms with van der Waals surface area (Å²) in [5.74, 6) is 1.17. The van der Waals surface area contributed by atoms with Crippen LogP contribution in [-0.4, -0.2) is 63.1 Å². The zero-order valence-corrected chi connectivity index (χ0v) is 15.3. The van der Waals surface area contributed by atoms with Gasteiger partial charge >= 0.3 is 6.09 Å². The molecule has 0 aliphatic carbocycles. The second-order valence-corrected chi connectivity index (χ2v) is 7.21. The highest BCUT2D eigenvalue weighted by Crippen LogP contribution is 2.35. The fourth-order valence-corrected chi connectivity index (χ4v) is 4.35. The molecule has 3 aromatic rings. The summed E-state index contributed by atoms with van der Waals surface area (Å²) in [7, 11) is 1.62. The number of hydrogen-bond donors (Lipinski definition) is 2. The number of pyridine rings is 1. The Hall–Kier alpha value is -3.49. The molecule has 2 aromatic heterocycles. The van der Waals surface area contributed by atoms with Crippen molar-refractivity contribution in [2.45, 2.75) is 18.5 Å². The third-order valence-electron chi connectivity index (χ3n) is 5.69. The maximum Gasteiger partial charge on any atom is 0.407 e. The molecule has 1 aromatic carbocycles. The van der Waals surface area contributed by atoms with Crippen LogP contribution in [0, 0.1) is 0 Å². The first kappa shape index (κ1) is 16.7. The van der Waals surface area contributed by atoms with Crippen LogP contribution in [0.25, 0.3) is 16.6 Å². The van der Waals surface area contributed by atoms with Crippen molar-refractivity contribution in [2.75, 3.05) is 30.8 Å². The van der Waals surface area contributed by atoms with Gasteiger partial charge in [0.15, 0.2) is 5.82 Å². The van der Waals surface area contributed by atoms with Crippen LogP contribution in [0.2, 0.25) is 0 Å². The van der Waals surface area contributed by atoms with Crippen LogP contribution in [0.4, 0.5) is 16.3 Å². The average Bonchev–Trinajstić information content (AvgIpc) is 3.40. The molecule has 9 nitrogen and oxygen atoms in total. The number of amides is 1. The number of hydrogen-bond acceptors (Lipinski definition) is 6. The van der Waals surface area contributed by atoms with Gasteiger partial charge in [0.05, 0.1) is 42.4 Å². The molecule has 0 spiro atoms. The van der Waals surface area contributed by atoms with Crippen LogP contribution in [-0.2, 0) is 0 Å². The number of fused-ring (bicyclic) bond motifs is 3. The molecule has 5 rings (SSSR count). The molecular weight excluding hydrogens is 360 g/mol. The molecule has 2 aliphatic heterocycles. The van der Waals surface area contributed by atoms with E-state index in [1.807, 2.05) is 30.5 Å². The second-order valence-electron chi connectivity index (χ2n) is 7.21. The van der Waals surface area contributed by atoms with Crippen LogP contribution in [0.5, 0.6) is 5.75 Å². The molecule has 2 atom stereocenters. The number of likely N-dealkylation sites (tertiary alicyclic amines) is 1. The number of benzene rings is 1. The molecule has 2 fully saturated rings. The van der Waals surface area contributed by atoms with Crippen molar-refractivity contribution in [3.05, 3.63) is 36.7 Å². The predicted octanol–water partition coefficient (Wildman–Crippen LogP) is 1.95. The maximum atomic E-state index is 11.3. The van der Waals surface area contributed by atoms with Crippen molar-refractivity contribution in [1.82, 2.24) is 19.7 Å². The lowest BCUT2D eigenvalue weighted by Crippen LogP contribution is -2.48. The Kier molecular flexibility index (Phi) is 3.58. The minimum absolute atomic E-state index is 0.0385. The Morgan fingerprint density at radius 2 is 2.04 bits per heavy atom. The number of nitrogens with zero attached hydrogens (tertiary/aromatic N) is 5. The molecule has 2 saturated heterocycles. The fourth-order valence-electron chi connectivity index (χ4n) is 4.35. The minimum Gasteiger partial charge on any atom is -0.497 e. The highest BCUT2D eigenvalue weighted by Gasteiger charge is 2.45. The molecule has 0 unspecified atom stereocenters. The van der Waals surface area contributed by atoms with Gasteiger partial charge in [-0.05, 0) is 24.6 Å². The largest absolute Gasteiger partial charge is 0.497 e. The van der Waals surface area contributed by atoms with E-state index in [0.717, 1.165) is 34.4 Å². The topological polar surface area (TPSA) is 110 Å². The number of aromatic nitrogens is 3. The average molecular weight is 380 g/mol. The first-order chi connectivity index (χ1) is 13.5. The van der Waals surface area contributed by atoms with Gasteiger partial charge in [-0.2, -0.15) is 0 Å². The monoisotopic (exact) mass is 380 g/mol. The van der Waals surface area contributed by atoms with Crippen molar-refractivity contribution in [1.29, 1.82) is 0 Å². The summed E-state index contributed by atoms with van der Waals surface area (Å²) in [4.78, 5) is 19.5. The standard InChI is InChI=1S/C19H20N6O3/c1-28-15-2-3-16-17(6-15)25(22-18(16)20)12-4-11(7-21-8-12)23-9-14-5-13(23)10-24(14)19(26)27/h2-4,6-8,13-14H,5,9-10H2,1H3,(H2,20,22)(H,26,27)/t13-,14-/m0/s1. The smallest absolute Gasteiger partial charge is 0.407 e. The number of methoxy groups -OCH3 is 1. The third kappa shape index (κ3) is 2.43. The summed E-state index contributed by atoms with van der Waals surface area (Å²) in [6, 6.07) is 7.88. The lowest BCUT2D eigenvalue weighted by molar-refractivity contribution is 0.137. The van der Waals surface area contributed by atoms with E-state index in [1.165, 1.54) is 4.90 Å². The number of rotatable bonds is 3. The summed E-state index contributed by atoms with van der Waals surface area (Å²) in [5.41, 5.74) is 8.69. The Balaban J connectivity index is 1.51. The predicted molar refractivity (Wildman–Crippen MR) is 104 cm³/mol. The fraction of sp³-hybridized carbons (Fsp3) is 0.316. The Morgan fingerprint density at radius 3 is 2.75 bits per heavy atom. The van der Waals surface area contributed by atoms with Gasteiger partial charge in [-0.25, -0.2) is 9.48 Å². The zero-order valence-electron chi connectivity index (χ0n) is 15.3. The van der Waals surface area contributed by atoms with Crippen molar-refractivity contribution >= 4 is 28.5 Å². The SMILES string of the molecule is COc1ccc2c(N)nn(-c3cncc(N4C[C@@H]5C[C@H]4CN5C(=O)O)c3)c2c1. The summed E-state index contributed by atoms with van der Waals surface area (Å²) in [6.07, 6.45) is 3.56. The van der Waals surface area contributed by atoms with E-state index >= 15 is 0 Å². The minimum atomic E-state index is -0.841. The van der Waals surface area contributed by atoms with Crippen LogP contribution >= 0.6 is 0 Å². The van der Waals surface area contributed by atoms with Gasteiger partial charge < -0.3 is 25.4 Å². The van der Waals surface area contributed by atoms with Crippen molar-refractivity contribution in [3.8, 4) is 11.4 Å². The van der Waals surface area contributed by atoms with E-state index in [1.54, 1.807) is 18.0 Å². The van der Waals surface area contributed by atoms with E-state index < -0.39 is 6.09 Å². The molecule has 1 amide bonds. The summed E-state index contributed by atoms with van der Waals surface area (Å²) < 4.78 is 7.10. The highest BCUT2D eigenvalue weighted by molar-refractivity contribution is 5.91. The lowest BCUT2D eigenvalue weighted by Gasteiger charge is -2.34. The van der Waals surface area contributed by atoms with Gasteiger partial charge in [0.1, 0.15) is 5.75 Å². The number of ether oxygens (including phenoxy) is 1. The van der Waals surface area contributed by atoms with Crippen molar-refractivity contribution in [3.63, 3.8) is 0 Å². The van der Waals surface area contributed by atoms with E-state index in [4.69, 9.17) is 10.5 Å². The maximum absolute atomic E-state index is 11.3. The van der Waals surface area contributed by atoms with Gasteiger partial charge in [0.2, 0.25) is 0 Å². The van der Waals surface area contributed by atoms with Gasteiger partial charge in [0.25, 0.3) is 0 Å². The Labute approximate surface area is 160 Å². The Morgan fingerprint density at radius 1 is 1.21 bits per heavy atom. The molecule has 144 valence electrons. The first-order valence-corrected chi connectivity index (χ1v) is 9.09. The lowest BCUT2D eigenvalue weighted by atomic mass is 10.2. The normalized spacial score (nSPS) is 20.9. The zero-order chi connectivity index (χ0) is 19.4. The number of carbonyl (C=O) groups is 1. The molecule has 2 aliphatic rings. The van der Waals surface area contributed by atoms with Crippen LogP contribution in [0.1, 0.15) is 6.42 Å². The number of nitrogens with two attached hydrogens (primary N) is 1. The van der Waals surface area contributed by atoms with Crippen molar-refractivity contribution < 1.29 is 14.6 Å². The molecule has 28 heavy (non-hydrogen) atoms. The van der Waals surface area contributed by atoms with Gasteiger partial charge in [0, 0.05) is 30.6 Å². The van der Waals surface area contributed by atoms with Crippen molar-refractivity contribution in [2.24, 2.45) is 0 Å². The second kappa shape index (κ2) is 6.01. The van der Waals surface area contributed by atoms with Gasteiger partial charge in [-0.1, -0.05) is 0 Å². The summed E-state index contributed by atoms with van der Waals surface area (Å²) in [5, 5.41) is 14.6. The quantitative estimate of drug-likeness (QED) is 0.715. The first-order valence-electron chi connectivity index (χ1n) is 9.09. The van der Waals surface area contributed by atoms with E-state index in [9.17, 15) is 9.90 Å². The van der Waals surface area contributed by atoms with Crippen LogP contribution in [0.3, 0.4) is 0 Å². The molecule has 3 N–H and O–H groups in total. The number of nitrogen functional groups attached to an aromatic ring is 1. The molecule has 4 heterocycles. The molecular formula is C19H20N6O3. The number of carboxylic acid groups (broad SMARTS) is 1. The van der Waals surface area contributed by atoms with E-state index in [2.05, 4.69) is 15.0 Å². The Bertz CT molecular complexity index is 1080. The molecule has 0 radical (unpaired) electrons. The highest BCUT2D eigenvalue weighted by atomic mass is 16.5. The van der Waals surface area contributed by atoms with Gasteiger partial charge in [-0.15, -0.1) is 5.10 Å². The summed E-state index contributed by atoms with van der Waals surface area (Å²) >= 11 is 0. The van der Waals surface area contributed by atoms with E-state index in [-0.39, 0.29) is 12.1 Å². The number of piperazine rings is 1. The van der Waals surface area contributed by atoms with Gasteiger partial charge in [-0.3, -0.25) is 4.98 Å². The molecule has 2 bridgehead atoms. The van der Waals surface area contributed by atoms with Crippen LogP contribution in [0.15, 0.2) is 36.7 Å². The summed E-state index contributed by atoms with van der Waals surface area (Å²) in [6.45, 7) is 1.21. The molecule has 9 heteroatoms. The number of anilines is 2. The van der Waals surface area contributed by atoms with Crippen LogP contribution < -0.4 is 15.4 Å².